The Morgan fingerprint density at radius 2 is 2.00 bits per heavy atom. The zero-order valence-corrected chi connectivity index (χ0v) is 15.6. The number of thiophene rings is 1. The molecule has 3 rings (SSSR count). The maximum Gasteiger partial charge on any atom is 0.225 e. The number of rotatable bonds is 5. The van der Waals surface area contributed by atoms with Gasteiger partial charge in [-0.25, -0.2) is 4.98 Å². The average molecular weight is 362 g/mol. The van der Waals surface area contributed by atoms with Gasteiger partial charge in [-0.1, -0.05) is 18.2 Å². The van der Waals surface area contributed by atoms with Gasteiger partial charge in [0.2, 0.25) is 5.28 Å². The highest BCUT2D eigenvalue weighted by Gasteiger charge is 2.18. The van der Waals surface area contributed by atoms with E-state index in [1.807, 2.05) is 11.8 Å². The summed E-state index contributed by atoms with van der Waals surface area (Å²) >= 11 is 7.69. The second-order valence-electron chi connectivity index (χ2n) is 5.75. The molecule has 1 aromatic carbocycles. The van der Waals surface area contributed by atoms with Gasteiger partial charge in [-0.2, -0.15) is 4.98 Å². The van der Waals surface area contributed by atoms with Crippen LogP contribution < -0.4 is 4.90 Å². The van der Waals surface area contributed by atoms with Crippen molar-refractivity contribution in [2.45, 2.75) is 20.8 Å². The predicted octanol–water partition coefficient (Wildman–Crippen LogP) is 4.45. The molecule has 6 heteroatoms. The lowest BCUT2D eigenvalue weighted by Gasteiger charge is -2.22. The molecule has 1 N–H and O–H groups in total. The third-order valence-corrected chi connectivity index (χ3v) is 5.30. The van der Waals surface area contributed by atoms with Gasteiger partial charge in [-0.05, 0) is 49.1 Å². The van der Waals surface area contributed by atoms with E-state index >= 15 is 0 Å². The molecular weight excluding hydrogens is 342 g/mol. The first kappa shape index (κ1) is 17.1. The number of halogens is 1. The second kappa shape index (κ2) is 7.05. The van der Waals surface area contributed by atoms with Crippen molar-refractivity contribution >= 4 is 39.0 Å². The van der Waals surface area contributed by atoms with Crippen molar-refractivity contribution in [3.05, 3.63) is 40.0 Å². The third kappa shape index (κ3) is 3.11. The van der Waals surface area contributed by atoms with E-state index in [9.17, 15) is 5.11 Å². The third-order valence-electron chi connectivity index (χ3n) is 4.26. The highest BCUT2D eigenvalue weighted by molar-refractivity contribution is 7.17. The van der Waals surface area contributed by atoms with Gasteiger partial charge in [0, 0.05) is 24.0 Å². The number of aliphatic hydroxyl groups is 1. The molecule has 2 heterocycles. The standard InChI is InChI=1S/C18H20ClN3OS/c1-4-22(7-8-23)16-15-14(10-24-17(15)21-18(19)20-16)13-6-5-11(2)12(3)9-13/h5-6,9-10,23H,4,7-8H2,1-3H3. The summed E-state index contributed by atoms with van der Waals surface area (Å²) in [5.41, 5.74) is 4.79. The summed E-state index contributed by atoms with van der Waals surface area (Å²) < 4.78 is 0. The van der Waals surface area contributed by atoms with Crippen molar-refractivity contribution in [3.63, 3.8) is 0 Å². The number of likely N-dealkylation sites (N-methyl/N-ethyl adjacent to an activating group) is 1. The van der Waals surface area contributed by atoms with Crippen LogP contribution in [-0.4, -0.2) is 34.8 Å². The van der Waals surface area contributed by atoms with Crippen molar-refractivity contribution in [1.82, 2.24) is 9.97 Å². The Morgan fingerprint density at radius 1 is 1.21 bits per heavy atom. The number of nitrogens with zero attached hydrogens (tertiary/aromatic N) is 3. The average Bonchev–Trinajstić information content (AvgIpc) is 2.98. The van der Waals surface area contributed by atoms with Gasteiger partial charge in [-0.15, -0.1) is 11.3 Å². The Morgan fingerprint density at radius 3 is 2.67 bits per heavy atom. The predicted molar refractivity (Wildman–Crippen MR) is 102 cm³/mol. The smallest absolute Gasteiger partial charge is 0.225 e. The van der Waals surface area contributed by atoms with E-state index in [4.69, 9.17) is 11.6 Å². The summed E-state index contributed by atoms with van der Waals surface area (Å²) in [6.07, 6.45) is 0. The number of benzene rings is 1. The summed E-state index contributed by atoms with van der Waals surface area (Å²) in [5.74, 6) is 0.788. The van der Waals surface area contributed by atoms with Crippen molar-refractivity contribution in [3.8, 4) is 11.1 Å². The molecule has 0 aliphatic rings. The molecule has 0 radical (unpaired) electrons. The van der Waals surface area contributed by atoms with Crippen molar-refractivity contribution in [2.24, 2.45) is 0 Å². The minimum Gasteiger partial charge on any atom is -0.395 e. The summed E-state index contributed by atoms with van der Waals surface area (Å²) in [7, 11) is 0. The first-order valence-corrected chi connectivity index (χ1v) is 9.19. The largest absolute Gasteiger partial charge is 0.395 e. The Hall–Kier alpha value is -1.69. The number of fused-ring (bicyclic) bond motifs is 1. The van der Waals surface area contributed by atoms with E-state index in [1.54, 1.807) is 11.3 Å². The van der Waals surface area contributed by atoms with Gasteiger partial charge in [0.25, 0.3) is 0 Å². The summed E-state index contributed by atoms with van der Waals surface area (Å²) in [6.45, 7) is 7.59. The second-order valence-corrected chi connectivity index (χ2v) is 6.94. The zero-order valence-electron chi connectivity index (χ0n) is 14.0. The molecule has 0 fully saturated rings. The molecule has 0 saturated carbocycles. The SMILES string of the molecule is CCN(CCO)c1nc(Cl)nc2scc(-c3ccc(C)c(C)c3)c12. The van der Waals surface area contributed by atoms with Crippen LogP contribution in [0.3, 0.4) is 0 Å². The molecule has 0 saturated heterocycles. The van der Waals surface area contributed by atoms with Gasteiger partial charge in [-0.3, -0.25) is 0 Å². The minimum atomic E-state index is 0.0695. The summed E-state index contributed by atoms with van der Waals surface area (Å²) in [5, 5.41) is 12.7. The first-order chi connectivity index (χ1) is 11.5. The number of hydrogen-bond acceptors (Lipinski definition) is 5. The molecule has 0 bridgehead atoms. The van der Waals surface area contributed by atoms with Crippen LogP contribution in [0.25, 0.3) is 21.3 Å². The van der Waals surface area contributed by atoms with E-state index in [-0.39, 0.29) is 11.9 Å². The minimum absolute atomic E-state index is 0.0695. The van der Waals surface area contributed by atoms with Crippen LogP contribution in [-0.2, 0) is 0 Å². The van der Waals surface area contributed by atoms with E-state index < -0.39 is 0 Å². The van der Waals surface area contributed by atoms with Crippen molar-refractivity contribution in [1.29, 1.82) is 0 Å². The van der Waals surface area contributed by atoms with Crippen LogP contribution in [0.15, 0.2) is 23.6 Å². The molecular formula is C18H20ClN3OS. The fourth-order valence-corrected chi connectivity index (χ4v) is 3.94. The molecule has 2 aromatic heterocycles. The van der Waals surface area contributed by atoms with Crippen LogP contribution in [0, 0.1) is 13.8 Å². The summed E-state index contributed by atoms with van der Waals surface area (Å²) in [4.78, 5) is 11.8. The fourth-order valence-electron chi connectivity index (χ4n) is 2.78. The molecule has 3 aromatic rings. The Kier molecular flexibility index (Phi) is 5.04. The van der Waals surface area contributed by atoms with E-state index in [0.717, 1.165) is 33.7 Å². The van der Waals surface area contributed by atoms with Gasteiger partial charge < -0.3 is 10.0 Å². The molecule has 24 heavy (non-hydrogen) atoms. The monoisotopic (exact) mass is 361 g/mol. The van der Waals surface area contributed by atoms with Crippen LogP contribution in [0.1, 0.15) is 18.1 Å². The fraction of sp³-hybridized carbons (Fsp3) is 0.333. The topological polar surface area (TPSA) is 49.2 Å². The van der Waals surface area contributed by atoms with E-state index in [1.165, 1.54) is 11.1 Å². The number of anilines is 1. The molecule has 0 spiro atoms. The molecule has 126 valence electrons. The lowest BCUT2D eigenvalue weighted by atomic mass is 10.0. The van der Waals surface area contributed by atoms with Gasteiger partial charge >= 0.3 is 0 Å². The number of aromatic nitrogens is 2. The highest BCUT2D eigenvalue weighted by Crippen LogP contribution is 2.39. The first-order valence-electron chi connectivity index (χ1n) is 7.93. The molecule has 0 unspecified atom stereocenters. The number of aryl methyl sites for hydroxylation is 2. The molecule has 0 aliphatic heterocycles. The molecule has 4 nitrogen and oxygen atoms in total. The van der Waals surface area contributed by atoms with Crippen LogP contribution in [0.4, 0.5) is 5.82 Å². The Balaban J connectivity index is 2.24. The van der Waals surface area contributed by atoms with Crippen molar-refractivity contribution < 1.29 is 5.11 Å². The Bertz CT molecular complexity index is 878. The van der Waals surface area contributed by atoms with E-state index in [0.29, 0.717) is 6.54 Å². The maximum atomic E-state index is 9.36. The van der Waals surface area contributed by atoms with Crippen LogP contribution in [0.2, 0.25) is 5.28 Å². The molecule has 0 aliphatic carbocycles. The highest BCUT2D eigenvalue weighted by atomic mass is 35.5. The van der Waals surface area contributed by atoms with Crippen LogP contribution in [0.5, 0.6) is 0 Å². The summed E-state index contributed by atoms with van der Waals surface area (Å²) in [6, 6.07) is 6.46. The molecule has 0 amide bonds. The maximum absolute atomic E-state index is 9.36. The van der Waals surface area contributed by atoms with Gasteiger partial charge in [0.05, 0.1) is 12.0 Å². The number of hydrogen-bond donors (Lipinski definition) is 1. The zero-order chi connectivity index (χ0) is 17.3. The van der Waals surface area contributed by atoms with E-state index in [2.05, 4.69) is 47.4 Å². The number of aliphatic hydroxyl groups excluding tert-OH is 1. The van der Waals surface area contributed by atoms with Gasteiger partial charge in [0.15, 0.2) is 0 Å². The van der Waals surface area contributed by atoms with Gasteiger partial charge in [0.1, 0.15) is 10.6 Å². The lowest BCUT2D eigenvalue weighted by Crippen LogP contribution is -2.27. The molecule has 0 atom stereocenters. The van der Waals surface area contributed by atoms with Crippen molar-refractivity contribution in [2.75, 3.05) is 24.6 Å². The normalized spacial score (nSPS) is 11.2. The lowest BCUT2D eigenvalue weighted by molar-refractivity contribution is 0.302. The Labute approximate surface area is 150 Å². The quantitative estimate of drug-likeness (QED) is 0.682. The van der Waals surface area contributed by atoms with Crippen LogP contribution >= 0.6 is 22.9 Å².